The molecule has 1 aliphatic heterocycles. The second kappa shape index (κ2) is 7.67. The van der Waals surface area contributed by atoms with Crippen LogP contribution in [0.5, 0.6) is 0 Å². The maximum atomic E-state index is 11.2. The van der Waals surface area contributed by atoms with Crippen molar-refractivity contribution in [3.8, 4) is 0 Å². The highest BCUT2D eigenvalue weighted by Gasteiger charge is 2.16. The van der Waals surface area contributed by atoms with Crippen LogP contribution in [0.25, 0.3) is 0 Å². The third-order valence-electron chi connectivity index (χ3n) is 3.32. The van der Waals surface area contributed by atoms with Gasteiger partial charge < -0.3 is 15.0 Å². The van der Waals surface area contributed by atoms with E-state index in [9.17, 15) is 4.79 Å². The summed E-state index contributed by atoms with van der Waals surface area (Å²) >= 11 is 0. The van der Waals surface area contributed by atoms with Crippen molar-refractivity contribution in [2.24, 2.45) is 11.8 Å². The quantitative estimate of drug-likeness (QED) is 0.679. The van der Waals surface area contributed by atoms with Gasteiger partial charge in [-0.05, 0) is 38.4 Å². The van der Waals surface area contributed by atoms with E-state index in [1.54, 1.807) is 0 Å². The number of esters is 1. The number of methoxy groups -OCH3 is 1. The molecule has 1 saturated heterocycles. The minimum Gasteiger partial charge on any atom is -0.469 e. The molecule has 1 heterocycles. The highest BCUT2D eigenvalue weighted by molar-refractivity contribution is 5.71. The zero-order chi connectivity index (χ0) is 12.7. The normalized spacial score (nSPS) is 20.2. The van der Waals surface area contributed by atoms with Gasteiger partial charge in [-0.25, -0.2) is 0 Å². The fraction of sp³-hybridized carbons (Fsp3) is 0.923. The molecule has 0 saturated carbocycles. The minimum atomic E-state index is -0.135. The summed E-state index contributed by atoms with van der Waals surface area (Å²) in [6.07, 6.45) is 2.69. The second-order valence-electron chi connectivity index (χ2n) is 5.20. The van der Waals surface area contributed by atoms with Crippen LogP contribution in [0.3, 0.4) is 0 Å². The minimum absolute atomic E-state index is 0.0565. The van der Waals surface area contributed by atoms with E-state index >= 15 is 0 Å². The average Bonchev–Trinajstić information content (AvgIpc) is 2.80. The summed E-state index contributed by atoms with van der Waals surface area (Å²) in [6, 6.07) is 0. The molecular formula is C13H26N2O2. The monoisotopic (exact) mass is 242 g/mol. The van der Waals surface area contributed by atoms with Crippen LogP contribution in [-0.4, -0.2) is 50.7 Å². The zero-order valence-corrected chi connectivity index (χ0v) is 11.4. The Bertz CT molecular complexity index is 227. The van der Waals surface area contributed by atoms with E-state index < -0.39 is 0 Å². The number of nitrogens with one attached hydrogen (secondary N) is 1. The van der Waals surface area contributed by atoms with Gasteiger partial charge >= 0.3 is 5.97 Å². The molecule has 0 bridgehead atoms. The van der Waals surface area contributed by atoms with Gasteiger partial charge in [-0.3, -0.25) is 4.79 Å². The lowest BCUT2D eigenvalue weighted by molar-refractivity contribution is -0.144. The Balaban J connectivity index is 2.06. The molecule has 0 radical (unpaired) electrons. The largest absolute Gasteiger partial charge is 0.469 e. The number of likely N-dealkylation sites (tertiary alicyclic amines) is 1. The molecule has 1 rings (SSSR count). The lowest BCUT2D eigenvalue weighted by atomic mass is 10.1. The molecule has 0 spiro atoms. The number of hydrogen-bond donors (Lipinski definition) is 1. The summed E-state index contributed by atoms with van der Waals surface area (Å²) in [5.74, 6) is 0.446. The summed E-state index contributed by atoms with van der Waals surface area (Å²) in [6.45, 7) is 9.50. The molecule has 0 aromatic carbocycles. The van der Waals surface area contributed by atoms with Crippen LogP contribution in [0.4, 0.5) is 0 Å². The first kappa shape index (κ1) is 14.5. The zero-order valence-electron chi connectivity index (χ0n) is 11.4. The summed E-state index contributed by atoms with van der Waals surface area (Å²) in [7, 11) is 1.44. The Morgan fingerprint density at radius 3 is 2.53 bits per heavy atom. The van der Waals surface area contributed by atoms with Gasteiger partial charge in [0.15, 0.2) is 0 Å². The molecule has 0 amide bonds. The Morgan fingerprint density at radius 1 is 1.29 bits per heavy atom. The molecule has 17 heavy (non-hydrogen) atoms. The van der Waals surface area contributed by atoms with E-state index in [0.29, 0.717) is 12.5 Å². The molecule has 1 aliphatic rings. The summed E-state index contributed by atoms with van der Waals surface area (Å²) in [5.41, 5.74) is 0. The number of rotatable bonds is 7. The predicted molar refractivity (Wildman–Crippen MR) is 68.9 cm³/mol. The van der Waals surface area contributed by atoms with Gasteiger partial charge in [-0.15, -0.1) is 0 Å². The van der Waals surface area contributed by atoms with Crippen molar-refractivity contribution in [2.45, 2.75) is 26.7 Å². The van der Waals surface area contributed by atoms with Gasteiger partial charge in [0.05, 0.1) is 13.0 Å². The lowest BCUT2D eigenvalue weighted by Gasteiger charge is -2.21. The van der Waals surface area contributed by atoms with E-state index in [1.165, 1.54) is 39.6 Å². The van der Waals surface area contributed by atoms with Crippen molar-refractivity contribution in [2.75, 3.05) is 39.8 Å². The molecule has 0 aromatic heterocycles. The highest BCUT2D eigenvalue weighted by atomic mass is 16.5. The first-order chi connectivity index (χ1) is 8.13. The maximum Gasteiger partial charge on any atom is 0.309 e. The van der Waals surface area contributed by atoms with Gasteiger partial charge in [0, 0.05) is 13.1 Å². The van der Waals surface area contributed by atoms with Crippen LogP contribution in [0.1, 0.15) is 26.7 Å². The molecule has 1 N–H and O–H groups in total. The lowest BCUT2D eigenvalue weighted by Crippen LogP contribution is -2.34. The van der Waals surface area contributed by atoms with Gasteiger partial charge in [0.25, 0.3) is 0 Å². The van der Waals surface area contributed by atoms with E-state index in [4.69, 9.17) is 0 Å². The standard InChI is InChI=1S/C13H26N2O2/c1-11(10-15-6-4-5-7-15)8-14-9-12(2)13(16)17-3/h11-12,14H,4-10H2,1-3H3. The molecule has 0 aromatic rings. The van der Waals surface area contributed by atoms with Gasteiger partial charge in [-0.2, -0.15) is 0 Å². The van der Waals surface area contributed by atoms with Crippen molar-refractivity contribution < 1.29 is 9.53 Å². The van der Waals surface area contributed by atoms with Crippen LogP contribution in [0.15, 0.2) is 0 Å². The fourth-order valence-electron chi connectivity index (χ4n) is 2.30. The van der Waals surface area contributed by atoms with Gasteiger partial charge in [0.2, 0.25) is 0 Å². The van der Waals surface area contributed by atoms with Crippen LogP contribution in [-0.2, 0) is 9.53 Å². The first-order valence-corrected chi connectivity index (χ1v) is 6.64. The van der Waals surface area contributed by atoms with E-state index in [2.05, 4.69) is 21.9 Å². The van der Waals surface area contributed by atoms with Gasteiger partial charge in [0.1, 0.15) is 0 Å². The molecule has 2 atom stereocenters. The first-order valence-electron chi connectivity index (χ1n) is 6.64. The SMILES string of the molecule is COC(=O)C(C)CNCC(C)CN1CCCC1. The van der Waals surface area contributed by atoms with E-state index in [1.807, 2.05) is 6.92 Å². The summed E-state index contributed by atoms with van der Waals surface area (Å²) < 4.78 is 4.69. The van der Waals surface area contributed by atoms with Crippen molar-refractivity contribution in [3.05, 3.63) is 0 Å². The van der Waals surface area contributed by atoms with Crippen LogP contribution in [0, 0.1) is 11.8 Å². The average molecular weight is 242 g/mol. The Morgan fingerprint density at radius 2 is 1.94 bits per heavy atom. The van der Waals surface area contributed by atoms with Crippen molar-refractivity contribution in [1.82, 2.24) is 10.2 Å². The van der Waals surface area contributed by atoms with Crippen molar-refractivity contribution in [3.63, 3.8) is 0 Å². The molecule has 4 nitrogen and oxygen atoms in total. The van der Waals surface area contributed by atoms with Crippen molar-refractivity contribution >= 4 is 5.97 Å². The van der Waals surface area contributed by atoms with Crippen molar-refractivity contribution in [1.29, 1.82) is 0 Å². The Kier molecular flexibility index (Phi) is 6.52. The maximum absolute atomic E-state index is 11.2. The number of hydrogen-bond acceptors (Lipinski definition) is 4. The third kappa shape index (κ3) is 5.50. The number of nitrogens with zero attached hydrogens (tertiary/aromatic N) is 1. The molecule has 1 fully saturated rings. The van der Waals surface area contributed by atoms with Crippen LogP contribution < -0.4 is 5.32 Å². The molecular weight excluding hydrogens is 216 g/mol. The van der Waals surface area contributed by atoms with Crippen LogP contribution >= 0.6 is 0 Å². The Hall–Kier alpha value is -0.610. The predicted octanol–water partition coefficient (Wildman–Crippen LogP) is 1.12. The molecule has 4 heteroatoms. The Labute approximate surface area is 105 Å². The summed E-state index contributed by atoms with van der Waals surface area (Å²) in [5, 5.41) is 3.35. The topological polar surface area (TPSA) is 41.6 Å². The highest BCUT2D eigenvalue weighted by Crippen LogP contribution is 2.09. The number of carbonyl (C=O) groups excluding carboxylic acids is 1. The van der Waals surface area contributed by atoms with E-state index in [-0.39, 0.29) is 11.9 Å². The fourth-order valence-corrected chi connectivity index (χ4v) is 2.30. The summed E-state index contributed by atoms with van der Waals surface area (Å²) in [4.78, 5) is 13.7. The molecule has 100 valence electrons. The molecule has 0 aliphatic carbocycles. The smallest absolute Gasteiger partial charge is 0.309 e. The molecule has 2 unspecified atom stereocenters. The number of ether oxygens (including phenoxy) is 1. The van der Waals surface area contributed by atoms with Gasteiger partial charge in [-0.1, -0.05) is 13.8 Å². The van der Waals surface area contributed by atoms with Crippen LogP contribution in [0.2, 0.25) is 0 Å². The van der Waals surface area contributed by atoms with E-state index in [0.717, 1.165) is 6.54 Å². The number of carbonyl (C=O) groups is 1. The third-order valence-corrected chi connectivity index (χ3v) is 3.32. The second-order valence-corrected chi connectivity index (χ2v) is 5.20.